The molecule has 0 amide bonds. The first-order valence-electron chi connectivity index (χ1n) is 3.98. The molecule has 0 unspecified atom stereocenters. The van der Waals surface area contributed by atoms with Crippen molar-refractivity contribution in [3.63, 3.8) is 0 Å². The largest absolute Gasteiger partial charge is 0.505 e. The lowest BCUT2D eigenvalue weighted by molar-refractivity contribution is -0.267. The molecule has 1 N–H and O–H groups in total. The standard InChI is InChI=1S/C8H12O6/c1-2-7(9)14-13-6-4-3-5-12-8(10)11/h2H,1,3-6H2,(H,10,11). The van der Waals surface area contributed by atoms with Crippen LogP contribution in [0.5, 0.6) is 0 Å². The van der Waals surface area contributed by atoms with Gasteiger partial charge in [-0.05, 0) is 12.8 Å². The SMILES string of the molecule is C=CC(=O)OOCCCCOC(=O)O. The van der Waals surface area contributed by atoms with Crippen LogP contribution in [0.3, 0.4) is 0 Å². The van der Waals surface area contributed by atoms with E-state index >= 15 is 0 Å². The van der Waals surface area contributed by atoms with Crippen molar-refractivity contribution in [1.82, 2.24) is 0 Å². The quantitative estimate of drug-likeness (QED) is 0.220. The van der Waals surface area contributed by atoms with Gasteiger partial charge in [0.25, 0.3) is 0 Å². The van der Waals surface area contributed by atoms with E-state index in [2.05, 4.69) is 21.1 Å². The molecule has 80 valence electrons. The number of carbonyl (C=O) groups is 2. The van der Waals surface area contributed by atoms with Gasteiger partial charge in [0.2, 0.25) is 0 Å². The van der Waals surface area contributed by atoms with E-state index in [1.165, 1.54) is 0 Å². The predicted molar refractivity (Wildman–Crippen MR) is 45.5 cm³/mol. The zero-order chi connectivity index (χ0) is 10.8. The zero-order valence-electron chi connectivity index (χ0n) is 7.60. The Kier molecular flexibility index (Phi) is 7.16. The van der Waals surface area contributed by atoms with Gasteiger partial charge < -0.3 is 9.84 Å². The first kappa shape index (κ1) is 12.4. The zero-order valence-corrected chi connectivity index (χ0v) is 7.60. The summed E-state index contributed by atoms with van der Waals surface area (Å²) in [5.74, 6) is -0.660. The van der Waals surface area contributed by atoms with Gasteiger partial charge in [0.1, 0.15) is 0 Å². The van der Waals surface area contributed by atoms with Crippen LogP contribution in [-0.2, 0) is 19.3 Å². The molecule has 0 aromatic carbocycles. The van der Waals surface area contributed by atoms with Crippen LogP contribution in [0.25, 0.3) is 0 Å². The fraction of sp³-hybridized carbons (Fsp3) is 0.500. The van der Waals surface area contributed by atoms with E-state index in [0.29, 0.717) is 12.8 Å². The molecule has 0 saturated heterocycles. The van der Waals surface area contributed by atoms with Crippen molar-refractivity contribution in [3.8, 4) is 0 Å². The van der Waals surface area contributed by atoms with Crippen molar-refractivity contribution < 1.29 is 29.2 Å². The molecule has 0 saturated carbocycles. The van der Waals surface area contributed by atoms with Crippen LogP contribution in [0.15, 0.2) is 12.7 Å². The second-order valence-electron chi connectivity index (χ2n) is 2.25. The third-order valence-electron chi connectivity index (χ3n) is 1.16. The van der Waals surface area contributed by atoms with Crippen LogP contribution in [0.1, 0.15) is 12.8 Å². The van der Waals surface area contributed by atoms with Crippen LogP contribution in [0, 0.1) is 0 Å². The van der Waals surface area contributed by atoms with E-state index in [9.17, 15) is 9.59 Å². The molecule has 0 aliphatic heterocycles. The van der Waals surface area contributed by atoms with Gasteiger partial charge >= 0.3 is 12.1 Å². The maximum atomic E-state index is 10.4. The summed E-state index contributed by atoms with van der Waals surface area (Å²) >= 11 is 0. The number of unbranched alkanes of at least 4 members (excludes halogenated alkanes) is 1. The number of carboxylic acid groups (broad SMARTS) is 1. The molecule has 0 fully saturated rings. The molecule has 0 spiro atoms. The Bertz CT molecular complexity index is 200. The number of ether oxygens (including phenoxy) is 1. The molecule has 6 nitrogen and oxygen atoms in total. The van der Waals surface area contributed by atoms with Gasteiger partial charge in [0.15, 0.2) is 0 Å². The average molecular weight is 204 g/mol. The van der Waals surface area contributed by atoms with E-state index < -0.39 is 12.1 Å². The van der Waals surface area contributed by atoms with Crippen LogP contribution in [0.4, 0.5) is 4.79 Å². The summed E-state index contributed by atoms with van der Waals surface area (Å²) in [7, 11) is 0. The molecule has 0 atom stereocenters. The maximum Gasteiger partial charge on any atom is 0.505 e. The van der Waals surface area contributed by atoms with Crippen LogP contribution < -0.4 is 0 Å². The van der Waals surface area contributed by atoms with Crippen molar-refractivity contribution in [3.05, 3.63) is 12.7 Å². The topological polar surface area (TPSA) is 82.1 Å². The minimum Gasteiger partial charge on any atom is -0.450 e. The summed E-state index contributed by atoms with van der Waals surface area (Å²) < 4.78 is 4.23. The van der Waals surface area contributed by atoms with Gasteiger partial charge in [-0.25, -0.2) is 9.59 Å². The van der Waals surface area contributed by atoms with Crippen molar-refractivity contribution in [2.75, 3.05) is 13.2 Å². The van der Waals surface area contributed by atoms with E-state index in [0.717, 1.165) is 6.08 Å². The number of hydrogen-bond acceptors (Lipinski definition) is 5. The van der Waals surface area contributed by atoms with Crippen molar-refractivity contribution in [2.45, 2.75) is 12.8 Å². The number of carbonyl (C=O) groups excluding carboxylic acids is 1. The van der Waals surface area contributed by atoms with Gasteiger partial charge in [-0.2, -0.15) is 4.89 Å². The minimum absolute atomic E-state index is 0.105. The first-order valence-corrected chi connectivity index (χ1v) is 3.98. The first-order chi connectivity index (χ1) is 6.66. The molecule has 14 heavy (non-hydrogen) atoms. The van der Waals surface area contributed by atoms with Crippen LogP contribution in [-0.4, -0.2) is 30.4 Å². The molecule has 0 rings (SSSR count). The predicted octanol–water partition coefficient (Wildman–Crippen LogP) is 1.12. The summed E-state index contributed by atoms with van der Waals surface area (Å²) in [6.07, 6.45) is 0.729. The number of rotatable bonds is 7. The van der Waals surface area contributed by atoms with Crippen molar-refractivity contribution >= 4 is 12.1 Å². The van der Waals surface area contributed by atoms with Crippen molar-refractivity contribution in [1.29, 1.82) is 0 Å². The van der Waals surface area contributed by atoms with Gasteiger partial charge in [0, 0.05) is 6.08 Å². The molecule has 6 heteroatoms. The molecular weight excluding hydrogens is 192 g/mol. The van der Waals surface area contributed by atoms with E-state index in [4.69, 9.17) is 5.11 Å². The maximum absolute atomic E-state index is 10.4. The van der Waals surface area contributed by atoms with Crippen LogP contribution >= 0.6 is 0 Å². The number of hydrogen-bond donors (Lipinski definition) is 1. The van der Waals surface area contributed by atoms with Gasteiger partial charge in [-0.3, -0.25) is 4.89 Å². The lowest BCUT2D eigenvalue weighted by Gasteiger charge is -2.01. The lowest BCUT2D eigenvalue weighted by Crippen LogP contribution is -2.05. The lowest BCUT2D eigenvalue weighted by atomic mass is 10.3. The summed E-state index contributed by atoms with van der Waals surface area (Å²) in [6.45, 7) is 3.47. The normalized spacial score (nSPS) is 9.14. The van der Waals surface area contributed by atoms with Gasteiger partial charge in [-0.15, -0.1) is 0 Å². The summed E-state index contributed by atoms with van der Waals surface area (Å²) in [5, 5.41) is 8.09. The minimum atomic E-state index is -1.30. The average Bonchev–Trinajstić information content (AvgIpc) is 2.15. The highest BCUT2D eigenvalue weighted by Gasteiger charge is 1.98. The van der Waals surface area contributed by atoms with E-state index in [1.807, 2.05) is 0 Å². The highest BCUT2D eigenvalue weighted by molar-refractivity contribution is 5.80. The molecule has 0 bridgehead atoms. The highest BCUT2D eigenvalue weighted by atomic mass is 17.2. The van der Waals surface area contributed by atoms with Crippen LogP contribution in [0.2, 0.25) is 0 Å². The Labute approximate surface area is 81.0 Å². The second-order valence-corrected chi connectivity index (χ2v) is 2.25. The fourth-order valence-electron chi connectivity index (χ4n) is 0.556. The third kappa shape index (κ3) is 8.54. The van der Waals surface area contributed by atoms with Crippen molar-refractivity contribution in [2.24, 2.45) is 0 Å². The highest BCUT2D eigenvalue weighted by Crippen LogP contribution is 1.93. The second kappa shape index (κ2) is 8.06. The molecular formula is C8H12O6. The summed E-state index contributed by atoms with van der Waals surface area (Å²) in [4.78, 5) is 29.0. The molecule has 0 aromatic rings. The molecule has 0 aliphatic rings. The summed E-state index contributed by atoms with van der Waals surface area (Å²) in [6, 6.07) is 0. The molecule has 0 heterocycles. The monoisotopic (exact) mass is 204 g/mol. The fourth-order valence-corrected chi connectivity index (χ4v) is 0.556. The Morgan fingerprint density at radius 1 is 1.29 bits per heavy atom. The van der Waals surface area contributed by atoms with Gasteiger partial charge in [0.05, 0.1) is 13.2 Å². The third-order valence-corrected chi connectivity index (χ3v) is 1.16. The Balaban J connectivity index is 3.10. The smallest absolute Gasteiger partial charge is 0.450 e. The molecule has 0 radical (unpaired) electrons. The Morgan fingerprint density at radius 2 is 1.93 bits per heavy atom. The van der Waals surface area contributed by atoms with E-state index in [-0.39, 0.29) is 13.2 Å². The Hall–Kier alpha value is -1.56. The molecule has 0 aromatic heterocycles. The molecule has 0 aliphatic carbocycles. The Morgan fingerprint density at radius 3 is 2.50 bits per heavy atom. The van der Waals surface area contributed by atoms with Gasteiger partial charge in [-0.1, -0.05) is 6.58 Å². The summed E-state index contributed by atoms with van der Waals surface area (Å²) in [5.41, 5.74) is 0. The van der Waals surface area contributed by atoms with E-state index in [1.54, 1.807) is 0 Å².